The smallest absolute Gasteiger partial charge is 0.322 e. The topological polar surface area (TPSA) is 191 Å². The molecule has 0 radical (unpaired) electrons. The zero-order chi connectivity index (χ0) is 29.8. The first kappa shape index (κ1) is 28.9. The molecular weight excluding hydrogens is 537 g/mol. The van der Waals surface area contributed by atoms with Crippen molar-refractivity contribution in [1.82, 2.24) is 30.2 Å². The molecule has 0 saturated carbocycles. The van der Waals surface area contributed by atoms with Crippen molar-refractivity contribution in [3.8, 4) is 11.1 Å². The molecule has 214 valence electrons. The van der Waals surface area contributed by atoms with Gasteiger partial charge in [0, 0.05) is 29.2 Å². The second-order valence-corrected chi connectivity index (χ2v) is 9.65. The minimum absolute atomic E-state index is 0.113. The van der Waals surface area contributed by atoms with Crippen LogP contribution in [0, 0.1) is 5.82 Å². The highest BCUT2D eigenvalue weighted by Gasteiger charge is 2.22. The summed E-state index contributed by atoms with van der Waals surface area (Å²) in [6.45, 7) is 2.58. The lowest BCUT2D eigenvalue weighted by Gasteiger charge is -2.10. The summed E-state index contributed by atoms with van der Waals surface area (Å²) in [6, 6.07) is 7.93. The van der Waals surface area contributed by atoms with E-state index < -0.39 is 48.5 Å². The SMILES string of the molecule is CC(C)c1nn(CC(=O)NCC(=O)NCC(=O)O)c2cccc(-c3cc4c(cnn4C(=O)CCC(N)=O)cc3F)c12. The number of halogens is 1. The molecule has 4 rings (SSSR count). The first-order valence-corrected chi connectivity index (χ1v) is 12.7. The van der Waals surface area contributed by atoms with Gasteiger partial charge in [0.1, 0.15) is 18.9 Å². The van der Waals surface area contributed by atoms with E-state index in [9.17, 15) is 24.0 Å². The van der Waals surface area contributed by atoms with Gasteiger partial charge in [0.2, 0.25) is 23.6 Å². The van der Waals surface area contributed by atoms with Crippen LogP contribution in [0.1, 0.15) is 43.1 Å². The lowest BCUT2D eigenvalue weighted by molar-refractivity contribution is -0.137. The van der Waals surface area contributed by atoms with Crippen LogP contribution in [0.4, 0.5) is 4.39 Å². The fourth-order valence-electron chi connectivity index (χ4n) is 4.40. The standard InChI is InChI=1S/C27H28FN7O6/c1-14(2)27-26-16(17-9-20-15(8-18(17)28)10-32-35(20)24(39)7-6-21(29)36)4-3-5-19(26)34(33-27)13-23(38)30-11-22(37)31-12-25(40)41/h3-5,8-10,14H,6-7,11-13H2,1-2H3,(H2,29,36)(H,30,38)(H,31,37)(H,40,41). The number of nitrogens with one attached hydrogen (secondary N) is 2. The number of carboxylic acids is 1. The van der Waals surface area contributed by atoms with Gasteiger partial charge in [0.15, 0.2) is 0 Å². The van der Waals surface area contributed by atoms with E-state index in [1.54, 1.807) is 18.2 Å². The molecule has 0 aliphatic rings. The largest absolute Gasteiger partial charge is 0.480 e. The molecule has 0 atom stereocenters. The van der Waals surface area contributed by atoms with Crippen LogP contribution in [-0.4, -0.2) is 67.4 Å². The van der Waals surface area contributed by atoms with Crippen LogP contribution in [0.2, 0.25) is 0 Å². The Bertz CT molecular complexity index is 1690. The predicted molar refractivity (Wildman–Crippen MR) is 145 cm³/mol. The third-order valence-electron chi connectivity index (χ3n) is 6.30. The number of amides is 3. The molecule has 0 aliphatic carbocycles. The summed E-state index contributed by atoms with van der Waals surface area (Å²) in [6.07, 6.45) is 1.07. The van der Waals surface area contributed by atoms with Gasteiger partial charge >= 0.3 is 5.97 Å². The van der Waals surface area contributed by atoms with E-state index in [4.69, 9.17) is 10.8 Å². The highest BCUT2D eigenvalue weighted by atomic mass is 19.1. The zero-order valence-electron chi connectivity index (χ0n) is 22.3. The molecule has 0 bridgehead atoms. The van der Waals surface area contributed by atoms with E-state index in [0.29, 0.717) is 33.1 Å². The Morgan fingerprint density at radius 2 is 1.73 bits per heavy atom. The van der Waals surface area contributed by atoms with Crippen molar-refractivity contribution >= 4 is 51.4 Å². The number of fused-ring (bicyclic) bond motifs is 2. The van der Waals surface area contributed by atoms with Gasteiger partial charge in [-0.2, -0.15) is 10.2 Å². The van der Waals surface area contributed by atoms with Crippen molar-refractivity contribution in [2.24, 2.45) is 5.73 Å². The molecule has 0 spiro atoms. The zero-order valence-corrected chi connectivity index (χ0v) is 22.3. The summed E-state index contributed by atoms with van der Waals surface area (Å²) in [4.78, 5) is 58.8. The molecule has 0 saturated heterocycles. The number of primary amides is 1. The van der Waals surface area contributed by atoms with E-state index in [1.165, 1.54) is 23.0 Å². The van der Waals surface area contributed by atoms with E-state index in [0.717, 1.165) is 4.68 Å². The number of hydrogen-bond donors (Lipinski definition) is 4. The van der Waals surface area contributed by atoms with E-state index >= 15 is 4.39 Å². The maximum absolute atomic E-state index is 15.5. The van der Waals surface area contributed by atoms with Gasteiger partial charge in [-0.25, -0.2) is 9.07 Å². The van der Waals surface area contributed by atoms with Crippen LogP contribution in [0.5, 0.6) is 0 Å². The van der Waals surface area contributed by atoms with Crippen molar-refractivity contribution in [3.05, 3.63) is 48.0 Å². The second kappa shape index (κ2) is 11.9. The number of benzene rings is 2. The van der Waals surface area contributed by atoms with Gasteiger partial charge in [0.25, 0.3) is 0 Å². The molecule has 41 heavy (non-hydrogen) atoms. The number of hydrogen-bond acceptors (Lipinski definition) is 7. The molecule has 0 fully saturated rings. The monoisotopic (exact) mass is 565 g/mol. The highest BCUT2D eigenvalue weighted by molar-refractivity contribution is 6.01. The molecule has 2 aromatic carbocycles. The Hall–Kier alpha value is -5.14. The number of rotatable bonds is 11. The molecule has 0 aliphatic heterocycles. The number of nitrogens with zero attached hydrogens (tertiary/aromatic N) is 4. The fraction of sp³-hybridized carbons (Fsp3) is 0.296. The molecule has 2 aromatic heterocycles. The van der Waals surface area contributed by atoms with Crippen LogP contribution >= 0.6 is 0 Å². The number of nitrogens with two attached hydrogens (primary N) is 1. The van der Waals surface area contributed by atoms with Gasteiger partial charge in [-0.3, -0.25) is 28.7 Å². The third kappa shape index (κ3) is 6.37. The van der Waals surface area contributed by atoms with Gasteiger partial charge in [0.05, 0.1) is 29.5 Å². The Labute approximate surface area is 232 Å². The number of aromatic nitrogens is 4. The predicted octanol–water partition coefficient (Wildman–Crippen LogP) is 1.54. The molecule has 4 aromatic rings. The van der Waals surface area contributed by atoms with Crippen molar-refractivity contribution in [2.45, 2.75) is 39.2 Å². The Balaban J connectivity index is 1.70. The van der Waals surface area contributed by atoms with E-state index in [2.05, 4.69) is 20.8 Å². The summed E-state index contributed by atoms with van der Waals surface area (Å²) in [5.74, 6) is -4.16. The lowest BCUT2D eigenvalue weighted by Crippen LogP contribution is -2.40. The average molecular weight is 566 g/mol. The number of carbonyl (C=O) groups is 5. The first-order valence-electron chi connectivity index (χ1n) is 12.7. The van der Waals surface area contributed by atoms with E-state index in [1.807, 2.05) is 13.8 Å². The fourth-order valence-corrected chi connectivity index (χ4v) is 4.40. The molecule has 14 heteroatoms. The van der Waals surface area contributed by atoms with Crippen molar-refractivity contribution in [3.63, 3.8) is 0 Å². The van der Waals surface area contributed by atoms with Crippen LogP contribution in [0.25, 0.3) is 32.9 Å². The minimum Gasteiger partial charge on any atom is -0.480 e. The third-order valence-corrected chi connectivity index (χ3v) is 6.30. The van der Waals surface area contributed by atoms with Crippen LogP contribution in [0.3, 0.4) is 0 Å². The Morgan fingerprint density at radius 1 is 1.00 bits per heavy atom. The van der Waals surface area contributed by atoms with Crippen LogP contribution < -0.4 is 16.4 Å². The van der Waals surface area contributed by atoms with Crippen LogP contribution in [-0.2, 0) is 25.7 Å². The Morgan fingerprint density at radius 3 is 2.41 bits per heavy atom. The van der Waals surface area contributed by atoms with Gasteiger partial charge in [-0.15, -0.1) is 0 Å². The van der Waals surface area contributed by atoms with Gasteiger partial charge in [-0.1, -0.05) is 26.0 Å². The normalized spacial score (nSPS) is 11.2. The maximum Gasteiger partial charge on any atom is 0.322 e. The first-order chi connectivity index (χ1) is 19.5. The summed E-state index contributed by atoms with van der Waals surface area (Å²) in [5, 5.41) is 22.9. The molecule has 5 N–H and O–H groups in total. The van der Waals surface area contributed by atoms with Crippen LogP contribution in [0.15, 0.2) is 36.5 Å². The second-order valence-electron chi connectivity index (χ2n) is 9.65. The average Bonchev–Trinajstić information content (AvgIpc) is 3.50. The molecule has 0 unspecified atom stereocenters. The summed E-state index contributed by atoms with van der Waals surface area (Å²) in [7, 11) is 0. The van der Waals surface area contributed by atoms with Crippen molar-refractivity contribution in [1.29, 1.82) is 0 Å². The molecular formula is C27H28FN7O6. The molecule has 13 nitrogen and oxygen atoms in total. The minimum atomic E-state index is -1.21. The van der Waals surface area contributed by atoms with Gasteiger partial charge < -0.3 is 21.5 Å². The van der Waals surface area contributed by atoms with E-state index in [-0.39, 0.29) is 30.9 Å². The molecule has 2 heterocycles. The highest BCUT2D eigenvalue weighted by Crippen LogP contribution is 2.37. The Kier molecular flexibility index (Phi) is 8.40. The van der Waals surface area contributed by atoms with Gasteiger partial charge in [-0.05, 0) is 29.7 Å². The number of aliphatic carboxylic acids is 1. The maximum atomic E-state index is 15.5. The lowest BCUT2D eigenvalue weighted by atomic mass is 9.95. The quantitative estimate of drug-likeness (QED) is 0.210. The number of carboxylic acid groups (broad SMARTS) is 1. The van der Waals surface area contributed by atoms with Crippen molar-refractivity contribution in [2.75, 3.05) is 13.1 Å². The summed E-state index contributed by atoms with van der Waals surface area (Å²) < 4.78 is 18.1. The summed E-state index contributed by atoms with van der Waals surface area (Å²) >= 11 is 0. The van der Waals surface area contributed by atoms with Crippen molar-refractivity contribution < 1.29 is 33.5 Å². The molecule has 3 amide bonds. The number of carbonyl (C=O) groups excluding carboxylic acids is 4. The summed E-state index contributed by atoms with van der Waals surface area (Å²) in [5.41, 5.74) is 7.34.